The van der Waals surface area contributed by atoms with Crippen LogP contribution < -0.4 is 5.46 Å². The van der Waals surface area contributed by atoms with Crippen LogP contribution in [0.15, 0.2) is 199 Å². The maximum Gasteiger partial charge on any atom is 0.147 e. The van der Waals surface area contributed by atoms with Crippen LogP contribution in [0.5, 0.6) is 0 Å². The van der Waals surface area contributed by atoms with Gasteiger partial charge in [-0.3, -0.25) is 0 Å². The first-order valence-corrected chi connectivity index (χ1v) is 32.9. The predicted molar refractivity (Wildman–Crippen MR) is 367 cm³/mol. The third-order valence-electron chi connectivity index (χ3n) is 20.0. The van der Waals surface area contributed by atoms with Crippen LogP contribution in [-0.4, -0.2) is 91.3 Å². The van der Waals surface area contributed by atoms with Crippen molar-refractivity contribution in [1.82, 2.24) is 0 Å². The Hall–Kier alpha value is -6.18. The van der Waals surface area contributed by atoms with Crippen LogP contribution in [-0.2, 0) is 90.4 Å². The normalized spacial score (nSPS) is 24.2. The fraction of sp³-hybridized carbons (Fsp3) is 0.385. The Balaban J connectivity index is 0.735. The van der Waals surface area contributed by atoms with E-state index in [0.717, 1.165) is 154 Å². The van der Waals surface area contributed by atoms with Gasteiger partial charge in [0.25, 0.3) is 0 Å². The van der Waals surface area contributed by atoms with Crippen molar-refractivity contribution in [2.45, 2.75) is 111 Å². The molecule has 8 aromatic carbocycles. The number of halogens is 1. The summed E-state index contributed by atoms with van der Waals surface area (Å²) in [6.07, 6.45) is 9.09. The van der Waals surface area contributed by atoms with Crippen molar-refractivity contribution in [3.05, 3.63) is 232 Å². The minimum Gasteiger partial charge on any atom is -0.359 e. The third kappa shape index (κ3) is 14.7. The summed E-state index contributed by atoms with van der Waals surface area (Å²) in [4.78, 5) is 0. The smallest absolute Gasteiger partial charge is 0.147 e. The molecule has 0 aromatic heterocycles. The standard InChI is InChI=1S/C78H88BBrO12/c1-81-51-87-73(65-23-15-61(16-24-65)57-7-11-59(12-8-57)63-19-27-67(28-20-63)75(89-53-83-3)43-47-77(48-44-75,91-55-85-5)69-31-35-71(79)36-32-69)39-41-74(42-40-73,88-52-82-2)66-25-17-62(18-26-66)58-9-13-60(14-10-58)64-21-29-68(30-22-64)76(90-54-84-4)45-49-78(50-46-76,92-56-86-6)70-33-37-72(80)38-34-70/h7-38H,39-56,79H2,1-6H3. The Kier molecular flexibility index (Phi) is 22.3. The van der Waals surface area contributed by atoms with E-state index >= 15 is 0 Å². The lowest BCUT2D eigenvalue weighted by molar-refractivity contribution is -0.203. The molecule has 0 atom stereocenters. The summed E-state index contributed by atoms with van der Waals surface area (Å²) in [5, 5.41) is 0. The lowest BCUT2D eigenvalue weighted by atomic mass is 9.70. The van der Waals surface area contributed by atoms with Crippen LogP contribution in [0.4, 0.5) is 0 Å². The second-order valence-electron chi connectivity index (χ2n) is 25.1. The molecule has 3 saturated carbocycles. The quantitative estimate of drug-likeness (QED) is 0.0344. The number of benzene rings is 8. The van der Waals surface area contributed by atoms with Crippen LogP contribution in [0, 0.1) is 0 Å². The van der Waals surface area contributed by atoms with Gasteiger partial charge < -0.3 is 56.8 Å². The van der Waals surface area contributed by atoms with Crippen LogP contribution >= 0.6 is 15.9 Å². The Labute approximate surface area is 553 Å². The van der Waals surface area contributed by atoms with Crippen molar-refractivity contribution in [2.24, 2.45) is 0 Å². The molecule has 12 nitrogen and oxygen atoms in total. The van der Waals surface area contributed by atoms with Crippen molar-refractivity contribution in [2.75, 3.05) is 83.4 Å². The molecule has 3 fully saturated rings. The Morgan fingerprint density at radius 2 is 0.380 bits per heavy atom. The van der Waals surface area contributed by atoms with E-state index < -0.39 is 33.6 Å². The summed E-state index contributed by atoms with van der Waals surface area (Å²) < 4.78 is 73.6. The van der Waals surface area contributed by atoms with Crippen molar-refractivity contribution < 1.29 is 56.8 Å². The highest BCUT2D eigenvalue weighted by Crippen LogP contribution is 2.54. The molecule has 0 unspecified atom stereocenters. The van der Waals surface area contributed by atoms with E-state index in [0.29, 0.717) is 0 Å². The fourth-order valence-corrected chi connectivity index (χ4v) is 14.8. The zero-order valence-corrected chi connectivity index (χ0v) is 56.1. The van der Waals surface area contributed by atoms with Crippen LogP contribution in [0.2, 0.25) is 0 Å². The van der Waals surface area contributed by atoms with E-state index in [9.17, 15) is 0 Å². The van der Waals surface area contributed by atoms with Gasteiger partial charge in [-0.15, -0.1) is 0 Å². The first-order valence-electron chi connectivity index (χ1n) is 32.1. The topological polar surface area (TPSA) is 111 Å². The van der Waals surface area contributed by atoms with Gasteiger partial charge in [-0.05, 0) is 167 Å². The predicted octanol–water partition coefficient (Wildman–Crippen LogP) is 16.1. The first kappa shape index (κ1) is 67.3. The van der Waals surface area contributed by atoms with Gasteiger partial charge in [0.05, 0.1) is 33.6 Å². The number of rotatable bonds is 28. The Morgan fingerprint density at radius 1 is 0.239 bits per heavy atom. The summed E-state index contributed by atoms with van der Waals surface area (Å²) in [6, 6.07) is 70.1. The van der Waals surface area contributed by atoms with Gasteiger partial charge in [0.2, 0.25) is 0 Å². The maximum absolute atomic E-state index is 6.72. The SMILES string of the molecule is Bc1ccc(C2(OCOC)CCC(OCOC)(c3ccc(-c4ccc(-c5ccc(C6(OCOC)CCC(OCOC)(c7ccc(-c8ccc(-c9ccc(C%10(OCOC)CCC(OCOC)(c%11ccc(Br)cc%11)CC%10)cc9)cc8)cc7)CC6)cc5)cc4)cc3)CC2)cc1. The van der Waals surface area contributed by atoms with Gasteiger partial charge in [-0.1, -0.05) is 203 Å². The molecule has 0 heterocycles. The molecule has 482 valence electrons. The highest BCUT2D eigenvalue weighted by atomic mass is 79.9. The molecular weight excluding hydrogens is 1220 g/mol. The van der Waals surface area contributed by atoms with E-state index in [4.69, 9.17) is 56.8 Å². The van der Waals surface area contributed by atoms with Gasteiger partial charge in [0.15, 0.2) is 0 Å². The molecule has 0 spiro atoms. The average molecular weight is 1310 g/mol. The average Bonchev–Trinajstić information content (AvgIpc) is 0.858. The molecule has 0 aliphatic heterocycles. The zero-order valence-electron chi connectivity index (χ0n) is 54.5. The minimum atomic E-state index is -0.568. The molecule has 11 rings (SSSR count). The second kappa shape index (κ2) is 30.5. The van der Waals surface area contributed by atoms with Crippen molar-refractivity contribution in [3.8, 4) is 44.5 Å². The first-order chi connectivity index (χ1) is 44.9. The van der Waals surface area contributed by atoms with Gasteiger partial charge in [-0.25, -0.2) is 0 Å². The number of methoxy groups -OCH3 is 6. The Bertz CT molecular complexity index is 3320. The molecule has 92 heavy (non-hydrogen) atoms. The zero-order chi connectivity index (χ0) is 64.1. The van der Waals surface area contributed by atoms with Gasteiger partial charge >= 0.3 is 0 Å². The fourth-order valence-electron chi connectivity index (χ4n) is 14.5. The van der Waals surface area contributed by atoms with Crippen LogP contribution in [0.25, 0.3) is 44.5 Å². The molecule has 0 radical (unpaired) electrons. The van der Waals surface area contributed by atoms with Gasteiger partial charge in [0, 0.05) is 47.1 Å². The van der Waals surface area contributed by atoms with Crippen LogP contribution in [0.1, 0.15) is 110 Å². The molecule has 0 amide bonds. The van der Waals surface area contributed by atoms with Crippen molar-refractivity contribution in [1.29, 1.82) is 0 Å². The maximum atomic E-state index is 6.72. The van der Waals surface area contributed by atoms with Crippen molar-refractivity contribution >= 4 is 29.2 Å². The molecule has 8 aromatic rings. The van der Waals surface area contributed by atoms with Gasteiger partial charge in [0.1, 0.15) is 48.6 Å². The second-order valence-corrected chi connectivity index (χ2v) is 26.0. The van der Waals surface area contributed by atoms with E-state index in [1.807, 2.05) is 0 Å². The summed E-state index contributed by atoms with van der Waals surface area (Å²) in [6.45, 7) is 1.22. The molecule has 3 aliphatic carbocycles. The molecule has 3 aliphatic rings. The number of hydrogen-bond donors (Lipinski definition) is 0. The Morgan fingerprint density at radius 3 is 0.543 bits per heavy atom. The molecule has 0 N–H and O–H groups in total. The van der Waals surface area contributed by atoms with E-state index in [1.165, 1.54) is 11.0 Å². The monoisotopic (exact) mass is 1310 g/mol. The number of hydrogen-bond acceptors (Lipinski definition) is 12. The molecule has 0 bridgehead atoms. The van der Waals surface area contributed by atoms with Gasteiger partial charge in [-0.2, -0.15) is 0 Å². The molecular formula is C78H88BBrO12. The third-order valence-corrected chi connectivity index (χ3v) is 20.5. The van der Waals surface area contributed by atoms with Crippen LogP contribution in [0.3, 0.4) is 0 Å². The highest BCUT2D eigenvalue weighted by molar-refractivity contribution is 9.10. The molecule has 14 heteroatoms. The largest absolute Gasteiger partial charge is 0.359 e. The number of ether oxygens (including phenoxy) is 12. The van der Waals surface area contributed by atoms with E-state index in [1.54, 1.807) is 42.7 Å². The van der Waals surface area contributed by atoms with E-state index in [2.05, 4.69) is 218 Å². The molecule has 0 saturated heterocycles. The highest BCUT2D eigenvalue weighted by Gasteiger charge is 2.49. The summed E-state index contributed by atoms with van der Waals surface area (Å²) in [5.41, 5.74) is 14.1. The van der Waals surface area contributed by atoms with Crippen molar-refractivity contribution in [3.63, 3.8) is 0 Å². The lowest BCUT2D eigenvalue weighted by Gasteiger charge is -2.46. The summed E-state index contributed by atoms with van der Waals surface area (Å²) in [7, 11) is 12.2. The summed E-state index contributed by atoms with van der Waals surface area (Å²) in [5.74, 6) is 0. The van der Waals surface area contributed by atoms with E-state index in [-0.39, 0.29) is 40.8 Å². The minimum absolute atomic E-state index is 0.181. The summed E-state index contributed by atoms with van der Waals surface area (Å²) >= 11 is 3.60. The lowest BCUT2D eigenvalue weighted by Crippen LogP contribution is -2.43.